The highest BCUT2D eigenvalue weighted by atomic mass is 19.4. The van der Waals surface area contributed by atoms with Gasteiger partial charge in [0.05, 0.1) is 5.71 Å². The molecule has 29 heavy (non-hydrogen) atoms. The molecule has 0 saturated carbocycles. The van der Waals surface area contributed by atoms with Gasteiger partial charge in [0.2, 0.25) is 0 Å². The molecule has 7 heteroatoms. The van der Waals surface area contributed by atoms with E-state index < -0.39 is 17.6 Å². The molecule has 0 N–H and O–H groups in total. The first-order valence-corrected chi connectivity index (χ1v) is 9.05. The van der Waals surface area contributed by atoms with Gasteiger partial charge in [-0.3, -0.25) is 9.98 Å². The Bertz CT molecular complexity index is 1080. The van der Waals surface area contributed by atoms with E-state index in [1.807, 2.05) is 12.1 Å². The zero-order valence-corrected chi connectivity index (χ0v) is 15.2. The molecule has 1 aromatic carbocycles. The highest BCUT2D eigenvalue weighted by molar-refractivity contribution is 6.15. The lowest BCUT2D eigenvalue weighted by Gasteiger charge is -2.15. The lowest BCUT2D eigenvalue weighted by molar-refractivity contribution is -0.139. The van der Waals surface area contributed by atoms with Crippen LogP contribution in [-0.4, -0.2) is 17.2 Å². The van der Waals surface area contributed by atoms with Crippen molar-refractivity contribution in [3.8, 4) is 11.3 Å². The van der Waals surface area contributed by atoms with Crippen LogP contribution in [-0.2, 0) is 6.18 Å². The summed E-state index contributed by atoms with van der Waals surface area (Å²) in [5, 5.41) is 0. The van der Waals surface area contributed by atoms with E-state index in [1.165, 1.54) is 18.2 Å². The second kappa shape index (κ2) is 7.66. The van der Waals surface area contributed by atoms with Crippen LogP contribution < -0.4 is 0 Å². The summed E-state index contributed by atoms with van der Waals surface area (Å²) in [6, 6.07) is 9.93. The van der Waals surface area contributed by atoms with Crippen LogP contribution in [0.15, 0.2) is 69.8 Å². The molecule has 4 rings (SSSR count). The second-order valence-electron chi connectivity index (χ2n) is 6.61. The Hall–Kier alpha value is -3.22. The fraction of sp³-hybridized carbons (Fsp3) is 0.182. The van der Waals surface area contributed by atoms with Crippen LogP contribution in [0.3, 0.4) is 0 Å². The zero-order valence-electron chi connectivity index (χ0n) is 15.2. The number of hydrogen-bond acceptors (Lipinski definition) is 3. The van der Waals surface area contributed by atoms with Gasteiger partial charge in [0.1, 0.15) is 22.9 Å². The maximum Gasteiger partial charge on any atom is 0.419 e. The van der Waals surface area contributed by atoms with Crippen LogP contribution >= 0.6 is 0 Å². The minimum Gasteiger partial charge on any atom is -0.457 e. The summed E-state index contributed by atoms with van der Waals surface area (Å²) in [7, 11) is 0. The molecule has 0 saturated heterocycles. The van der Waals surface area contributed by atoms with Crippen molar-refractivity contribution in [1.82, 2.24) is 4.98 Å². The fourth-order valence-electron chi connectivity index (χ4n) is 3.36. The van der Waals surface area contributed by atoms with E-state index in [0.717, 1.165) is 35.8 Å². The Kier molecular flexibility index (Phi) is 5.05. The smallest absolute Gasteiger partial charge is 0.419 e. The van der Waals surface area contributed by atoms with Gasteiger partial charge in [-0.15, -0.1) is 0 Å². The van der Waals surface area contributed by atoms with E-state index in [1.54, 1.807) is 24.5 Å². The number of alkyl halides is 3. The van der Waals surface area contributed by atoms with Crippen LogP contribution in [0.4, 0.5) is 17.6 Å². The molecule has 1 aliphatic heterocycles. The second-order valence-corrected chi connectivity index (χ2v) is 6.61. The summed E-state index contributed by atoms with van der Waals surface area (Å²) in [5.41, 5.74) is 0.926. The van der Waals surface area contributed by atoms with Gasteiger partial charge in [0.15, 0.2) is 0 Å². The van der Waals surface area contributed by atoms with Crippen molar-refractivity contribution >= 4 is 11.8 Å². The molecule has 0 amide bonds. The lowest BCUT2D eigenvalue weighted by Crippen LogP contribution is -2.11. The minimum atomic E-state index is -4.82. The molecule has 148 valence electrons. The van der Waals surface area contributed by atoms with Gasteiger partial charge in [-0.1, -0.05) is 12.1 Å². The molecule has 3 nitrogen and oxygen atoms in total. The van der Waals surface area contributed by atoms with Crippen LogP contribution in [0.5, 0.6) is 0 Å². The number of nitrogens with zero attached hydrogens (tertiary/aromatic N) is 2. The molecule has 0 unspecified atom stereocenters. The first kappa shape index (κ1) is 19.1. The first-order chi connectivity index (χ1) is 13.9. The van der Waals surface area contributed by atoms with Crippen molar-refractivity contribution in [2.45, 2.75) is 19.0 Å². The topological polar surface area (TPSA) is 38.4 Å². The van der Waals surface area contributed by atoms with Crippen LogP contribution in [0, 0.1) is 5.82 Å². The molecular formula is C22H16F4N2O. The molecule has 3 heterocycles. The van der Waals surface area contributed by atoms with Gasteiger partial charge in [0.25, 0.3) is 0 Å². The Morgan fingerprint density at radius 1 is 1.03 bits per heavy atom. The quantitative estimate of drug-likeness (QED) is 0.494. The Labute approximate surface area is 164 Å². The monoisotopic (exact) mass is 400 g/mol. The number of halogens is 4. The number of hydrogen-bond donors (Lipinski definition) is 0. The maximum atomic E-state index is 13.9. The lowest BCUT2D eigenvalue weighted by atomic mass is 9.96. The SMILES string of the molecule is Fc1cccc(-c2ccc(C=C3CCCN=C3c3cccnc3)o2)c1C(F)(F)F. The van der Waals surface area contributed by atoms with Gasteiger partial charge >= 0.3 is 6.18 Å². The molecule has 0 radical (unpaired) electrons. The van der Waals surface area contributed by atoms with E-state index in [4.69, 9.17) is 4.42 Å². The summed E-state index contributed by atoms with van der Waals surface area (Å²) in [6.07, 6.45) is 1.96. The van der Waals surface area contributed by atoms with E-state index >= 15 is 0 Å². The summed E-state index contributed by atoms with van der Waals surface area (Å²) in [6.45, 7) is 0.698. The highest BCUT2D eigenvalue weighted by Crippen LogP contribution is 2.39. The average molecular weight is 400 g/mol. The van der Waals surface area contributed by atoms with Gasteiger partial charge in [-0.2, -0.15) is 13.2 Å². The van der Waals surface area contributed by atoms with Gasteiger partial charge in [0, 0.05) is 30.1 Å². The molecule has 2 aromatic heterocycles. The number of benzene rings is 1. The van der Waals surface area contributed by atoms with Crippen molar-refractivity contribution in [1.29, 1.82) is 0 Å². The number of allylic oxidation sites excluding steroid dienone is 1. The van der Waals surface area contributed by atoms with E-state index in [-0.39, 0.29) is 11.3 Å². The summed E-state index contributed by atoms with van der Waals surface area (Å²) < 4.78 is 59.4. The van der Waals surface area contributed by atoms with Crippen molar-refractivity contribution in [2.24, 2.45) is 4.99 Å². The predicted octanol–water partition coefficient (Wildman–Crippen LogP) is 6.17. The van der Waals surface area contributed by atoms with Crippen LogP contribution in [0.2, 0.25) is 0 Å². The van der Waals surface area contributed by atoms with E-state index in [9.17, 15) is 17.6 Å². The Morgan fingerprint density at radius 2 is 1.90 bits per heavy atom. The van der Waals surface area contributed by atoms with Gasteiger partial charge in [-0.05, 0) is 54.8 Å². The third-order valence-corrected chi connectivity index (χ3v) is 4.62. The molecule has 0 fully saturated rings. The summed E-state index contributed by atoms with van der Waals surface area (Å²) in [5.74, 6) is -0.991. The summed E-state index contributed by atoms with van der Waals surface area (Å²) in [4.78, 5) is 8.68. The van der Waals surface area contributed by atoms with Crippen molar-refractivity contribution < 1.29 is 22.0 Å². The molecule has 0 spiro atoms. The Balaban J connectivity index is 1.71. The normalized spacial score (nSPS) is 16.1. The van der Waals surface area contributed by atoms with Gasteiger partial charge in [-0.25, -0.2) is 4.39 Å². The van der Waals surface area contributed by atoms with Crippen molar-refractivity contribution in [3.05, 3.63) is 83.1 Å². The number of furan rings is 1. The van der Waals surface area contributed by atoms with Crippen molar-refractivity contribution in [2.75, 3.05) is 6.54 Å². The molecule has 0 atom stereocenters. The molecule has 3 aromatic rings. The number of aromatic nitrogens is 1. The predicted molar refractivity (Wildman–Crippen MR) is 102 cm³/mol. The Morgan fingerprint density at radius 3 is 2.66 bits per heavy atom. The number of aliphatic imine (C=N–C) groups is 1. The maximum absolute atomic E-state index is 13.9. The van der Waals surface area contributed by atoms with Gasteiger partial charge < -0.3 is 4.42 Å². The molecular weight excluding hydrogens is 384 g/mol. The summed E-state index contributed by atoms with van der Waals surface area (Å²) >= 11 is 0. The zero-order chi connectivity index (χ0) is 20.4. The average Bonchev–Trinajstić information content (AvgIpc) is 3.16. The van der Waals surface area contributed by atoms with Crippen LogP contribution in [0.25, 0.3) is 17.4 Å². The molecule has 1 aliphatic rings. The van der Waals surface area contributed by atoms with Crippen molar-refractivity contribution in [3.63, 3.8) is 0 Å². The largest absolute Gasteiger partial charge is 0.457 e. The number of pyridine rings is 1. The minimum absolute atomic E-state index is 0.0423. The third-order valence-electron chi connectivity index (χ3n) is 4.62. The highest BCUT2D eigenvalue weighted by Gasteiger charge is 2.37. The van der Waals surface area contributed by atoms with E-state index in [0.29, 0.717) is 12.3 Å². The third kappa shape index (κ3) is 3.99. The van der Waals surface area contributed by atoms with E-state index in [2.05, 4.69) is 9.98 Å². The first-order valence-electron chi connectivity index (χ1n) is 9.05. The molecule has 0 bridgehead atoms. The van der Waals surface area contributed by atoms with Crippen LogP contribution in [0.1, 0.15) is 29.7 Å². The standard InChI is InChI=1S/C22H16F4N2O/c23-18-7-1-6-17(20(18)22(24,25)26)19-9-8-16(29-19)12-14-4-3-11-28-21(14)15-5-2-10-27-13-15/h1-2,5-10,12-13H,3-4,11H2. The molecule has 0 aliphatic carbocycles. The fourth-order valence-corrected chi connectivity index (χ4v) is 3.36. The number of rotatable bonds is 3.